The Bertz CT molecular complexity index is 525. The second-order valence-electron chi connectivity index (χ2n) is 5.89. The molecule has 0 unspecified atom stereocenters. The Morgan fingerprint density at radius 1 is 1.14 bits per heavy atom. The van der Waals surface area contributed by atoms with Crippen molar-refractivity contribution in [3.8, 4) is 5.75 Å². The smallest absolute Gasteiger partial charge is 0.153 e. The third kappa shape index (κ3) is 3.26. The van der Waals surface area contributed by atoms with Gasteiger partial charge in [-0.25, -0.2) is 0 Å². The molecule has 1 saturated heterocycles. The lowest BCUT2D eigenvalue weighted by molar-refractivity contribution is -0.121. The highest BCUT2D eigenvalue weighted by atomic mass is 16.5. The molecule has 1 aromatic rings. The number of ketones is 1. The maximum atomic E-state index is 11.3. The molecule has 0 amide bonds. The van der Waals surface area contributed by atoms with Crippen molar-refractivity contribution in [2.75, 3.05) is 18.0 Å². The summed E-state index contributed by atoms with van der Waals surface area (Å²) in [4.78, 5) is 24.8. The molecule has 112 valence electrons. The van der Waals surface area contributed by atoms with Gasteiger partial charge in [0.25, 0.3) is 0 Å². The van der Waals surface area contributed by atoms with Gasteiger partial charge in [-0.3, -0.25) is 9.59 Å². The maximum Gasteiger partial charge on any atom is 0.153 e. The number of hydrogen-bond donors (Lipinski definition) is 0. The standard InChI is InChI=1S/C17H21NO3/c19-12-13-3-4-14(18-9-1-2-10-18)11-17(13)21-16-7-5-15(20)6-8-16/h3-4,11-12,16H,1-2,5-10H2. The van der Waals surface area contributed by atoms with Crippen LogP contribution >= 0.6 is 0 Å². The number of nitrogens with zero attached hydrogens (tertiary/aromatic N) is 1. The fourth-order valence-corrected chi connectivity index (χ4v) is 3.11. The van der Waals surface area contributed by atoms with Gasteiger partial charge in [0, 0.05) is 37.7 Å². The molecule has 0 N–H and O–H groups in total. The molecule has 4 heteroatoms. The molecule has 1 aromatic carbocycles. The monoisotopic (exact) mass is 287 g/mol. The molecule has 2 aliphatic rings. The van der Waals surface area contributed by atoms with Gasteiger partial charge in [-0.2, -0.15) is 0 Å². The second-order valence-corrected chi connectivity index (χ2v) is 5.89. The van der Waals surface area contributed by atoms with E-state index in [0.717, 1.165) is 37.9 Å². The minimum Gasteiger partial charge on any atom is -0.490 e. The van der Waals surface area contributed by atoms with Crippen molar-refractivity contribution in [1.29, 1.82) is 0 Å². The molecule has 0 bridgehead atoms. The highest BCUT2D eigenvalue weighted by Crippen LogP contribution is 2.30. The van der Waals surface area contributed by atoms with Crippen molar-refractivity contribution in [2.45, 2.75) is 44.6 Å². The molecule has 1 aliphatic heterocycles. The SMILES string of the molecule is O=Cc1ccc(N2CCCC2)cc1OC1CCC(=O)CC1. The van der Waals surface area contributed by atoms with Gasteiger partial charge in [-0.05, 0) is 37.8 Å². The van der Waals surface area contributed by atoms with Crippen LogP contribution in [0, 0.1) is 0 Å². The first-order valence-electron chi connectivity index (χ1n) is 7.79. The Hall–Kier alpha value is -1.84. The van der Waals surface area contributed by atoms with E-state index in [9.17, 15) is 9.59 Å². The first kappa shape index (κ1) is 14.1. The van der Waals surface area contributed by atoms with E-state index in [4.69, 9.17) is 4.74 Å². The van der Waals surface area contributed by atoms with Gasteiger partial charge < -0.3 is 9.64 Å². The third-order valence-electron chi connectivity index (χ3n) is 4.38. The van der Waals surface area contributed by atoms with Gasteiger partial charge in [0.15, 0.2) is 6.29 Å². The van der Waals surface area contributed by atoms with Crippen molar-refractivity contribution < 1.29 is 14.3 Å². The first-order chi connectivity index (χ1) is 10.3. The molecule has 0 aromatic heterocycles. The predicted octanol–water partition coefficient (Wildman–Crippen LogP) is 2.99. The number of carbonyl (C=O) groups excluding carboxylic acids is 2. The van der Waals surface area contributed by atoms with Gasteiger partial charge in [0.1, 0.15) is 11.5 Å². The zero-order valence-electron chi connectivity index (χ0n) is 12.2. The molecule has 21 heavy (non-hydrogen) atoms. The quantitative estimate of drug-likeness (QED) is 0.799. The van der Waals surface area contributed by atoms with Crippen molar-refractivity contribution in [2.24, 2.45) is 0 Å². The number of aldehydes is 1. The number of rotatable bonds is 4. The molecule has 3 rings (SSSR count). The normalized spacial score (nSPS) is 19.8. The van der Waals surface area contributed by atoms with E-state index in [1.165, 1.54) is 12.8 Å². The molecule has 4 nitrogen and oxygen atoms in total. The summed E-state index contributed by atoms with van der Waals surface area (Å²) in [5.74, 6) is 0.977. The van der Waals surface area contributed by atoms with Crippen molar-refractivity contribution in [1.82, 2.24) is 0 Å². The molecule has 1 aliphatic carbocycles. The van der Waals surface area contributed by atoms with Crippen LogP contribution in [0.15, 0.2) is 18.2 Å². The summed E-state index contributed by atoms with van der Waals surface area (Å²) in [6, 6.07) is 5.81. The third-order valence-corrected chi connectivity index (χ3v) is 4.38. The lowest BCUT2D eigenvalue weighted by atomic mass is 9.96. The fourth-order valence-electron chi connectivity index (χ4n) is 3.11. The van der Waals surface area contributed by atoms with Gasteiger partial charge >= 0.3 is 0 Å². The van der Waals surface area contributed by atoms with Crippen LogP contribution in [0.5, 0.6) is 5.75 Å². The minimum absolute atomic E-state index is 0.0511. The van der Waals surface area contributed by atoms with Gasteiger partial charge in [-0.15, -0.1) is 0 Å². The molecule has 0 atom stereocenters. The lowest BCUT2D eigenvalue weighted by Gasteiger charge is -2.25. The predicted molar refractivity (Wildman–Crippen MR) is 81.2 cm³/mol. The van der Waals surface area contributed by atoms with Gasteiger partial charge in [0.05, 0.1) is 11.7 Å². The van der Waals surface area contributed by atoms with Crippen LogP contribution in [0.4, 0.5) is 5.69 Å². The summed E-state index contributed by atoms with van der Waals surface area (Å²) in [6.45, 7) is 2.13. The first-order valence-corrected chi connectivity index (χ1v) is 7.79. The summed E-state index contributed by atoms with van der Waals surface area (Å²) < 4.78 is 6.02. The Morgan fingerprint density at radius 2 is 1.86 bits per heavy atom. The Kier molecular flexibility index (Phi) is 4.23. The van der Waals surface area contributed by atoms with E-state index in [0.29, 0.717) is 29.9 Å². The van der Waals surface area contributed by atoms with Crippen LogP contribution < -0.4 is 9.64 Å². The van der Waals surface area contributed by atoms with Crippen LogP contribution in [-0.4, -0.2) is 31.3 Å². The lowest BCUT2D eigenvalue weighted by Crippen LogP contribution is -2.24. The molecule has 1 heterocycles. The Labute approximate surface area is 125 Å². The minimum atomic E-state index is 0.0511. The molecule has 2 fully saturated rings. The largest absolute Gasteiger partial charge is 0.490 e. The number of benzene rings is 1. The van der Waals surface area contributed by atoms with Gasteiger partial charge in [-0.1, -0.05) is 0 Å². The summed E-state index contributed by atoms with van der Waals surface area (Å²) in [5.41, 5.74) is 1.72. The molecular weight excluding hydrogens is 266 g/mol. The fraction of sp³-hybridized carbons (Fsp3) is 0.529. The van der Waals surface area contributed by atoms with Crippen LogP contribution in [0.2, 0.25) is 0 Å². The van der Waals surface area contributed by atoms with Crippen LogP contribution in [0.25, 0.3) is 0 Å². The van der Waals surface area contributed by atoms with Crippen molar-refractivity contribution >= 4 is 17.8 Å². The summed E-state index contributed by atoms with van der Waals surface area (Å²) >= 11 is 0. The molecule has 0 spiro atoms. The van der Waals surface area contributed by atoms with E-state index < -0.39 is 0 Å². The zero-order valence-corrected chi connectivity index (χ0v) is 12.2. The Balaban J connectivity index is 1.76. The second kappa shape index (κ2) is 6.29. The van der Waals surface area contributed by atoms with Crippen LogP contribution in [0.1, 0.15) is 48.9 Å². The topological polar surface area (TPSA) is 46.6 Å². The highest BCUT2D eigenvalue weighted by Gasteiger charge is 2.22. The number of anilines is 1. The molecule has 1 saturated carbocycles. The van der Waals surface area contributed by atoms with Crippen molar-refractivity contribution in [3.63, 3.8) is 0 Å². The average molecular weight is 287 g/mol. The van der Waals surface area contributed by atoms with E-state index >= 15 is 0 Å². The average Bonchev–Trinajstić information content (AvgIpc) is 3.04. The number of Topliss-reactive ketones (excluding diaryl/α,β-unsaturated/α-hetero) is 1. The number of carbonyl (C=O) groups is 2. The number of ether oxygens (including phenoxy) is 1. The highest BCUT2D eigenvalue weighted by molar-refractivity contribution is 5.81. The van der Waals surface area contributed by atoms with E-state index in [1.807, 2.05) is 18.2 Å². The summed E-state index contributed by atoms with van der Waals surface area (Å²) in [6.07, 6.45) is 6.02. The molecule has 0 radical (unpaired) electrons. The van der Waals surface area contributed by atoms with E-state index in [-0.39, 0.29) is 6.10 Å². The summed E-state index contributed by atoms with van der Waals surface area (Å²) in [7, 11) is 0. The van der Waals surface area contributed by atoms with E-state index in [1.54, 1.807) is 0 Å². The van der Waals surface area contributed by atoms with Crippen LogP contribution in [-0.2, 0) is 4.79 Å². The van der Waals surface area contributed by atoms with E-state index in [2.05, 4.69) is 4.90 Å². The zero-order chi connectivity index (χ0) is 14.7. The van der Waals surface area contributed by atoms with Crippen LogP contribution in [0.3, 0.4) is 0 Å². The molecular formula is C17H21NO3. The van der Waals surface area contributed by atoms with Gasteiger partial charge in [0.2, 0.25) is 0 Å². The number of hydrogen-bond acceptors (Lipinski definition) is 4. The maximum absolute atomic E-state index is 11.3. The Morgan fingerprint density at radius 3 is 2.52 bits per heavy atom. The van der Waals surface area contributed by atoms with Crippen molar-refractivity contribution in [3.05, 3.63) is 23.8 Å². The summed E-state index contributed by atoms with van der Waals surface area (Å²) in [5, 5.41) is 0.